The highest BCUT2D eigenvalue weighted by molar-refractivity contribution is 7.89. The molecule has 1 heterocycles. The monoisotopic (exact) mass is 314 g/mol. The number of piperidine rings is 1. The van der Waals surface area contributed by atoms with Crippen LogP contribution < -0.4 is 10.0 Å². The molecule has 1 saturated heterocycles. The van der Waals surface area contributed by atoms with Gasteiger partial charge in [-0.05, 0) is 68.5 Å². The van der Waals surface area contributed by atoms with Crippen LogP contribution in [0.5, 0.6) is 0 Å². The minimum atomic E-state index is -3.24. The topological polar surface area (TPSA) is 58.2 Å². The van der Waals surface area contributed by atoms with Crippen molar-refractivity contribution in [2.75, 3.05) is 25.4 Å². The van der Waals surface area contributed by atoms with Crippen molar-refractivity contribution < 1.29 is 12.8 Å². The smallest absolute Gasteiger partial charge is 0.211 e. The Morgan fingerprint density at radius 2 is 2.24 bits per heavy atom. The summed E-state index contributed by atoms with van der Waals surface area (Å²) in [6, 6.07) is 4.59. The standard InChI is InChI=1S/C15H23FN2O2S/c1-12-9-15(16)5-4-14(12)6-8-18-21(19,20)11-13-3-2-7-17-10-13/h4-5,9,13,17-18H,2-3,6-8,10-11H2,1H3. The van der Waals surface area contributed by atoms with Crippen LogP contribution in [-0.2, 0) is 16.4 Å². The second-order valence-electron chi connectivity index (χ2n) is 5.71. The number of aryl methyl sites for hydroxylation is 1. The second-order valence-corrected chi connectivity index (χ2v) is 7.56. The van der Waals surface area contributed by atoms with Gasteiger partial charge < -0.3 is 5.32 Å². The van der Waals surface area contributed by atoms with E-state index >= 15 is 0 Å². The van der Waals surface area contributed by atoms with Gasteiger partial charge in [0.25, 0.3) is 0 Å². The van der Waals surface area contributed by atoms with Gasteiger partial charge in [0.05, 0.1) is 5.75 Å². The van der Waals surface area contributed by atoms with E-state index in [4.69, 9.17) is 0 Å². The van der Waals surface area contributed by atoms with E-state index in [0.717, 1.165) is 37.1 Å². The van der Waals surface area contributed by atoms with Crippen LogP contribution >= 0.6 is 0 Å². The molecule has 6 heteroatoms. The summed E-state index contributed by atoms with van der Waals surface area (Å²) in [7, 11) is -3.24. The van der Waals surface area contributed by atoms with E-state index in [1.54, 1.807) is 6.07 Å². The van der Waals surface area contributed by atoms with Gasteiger partial charge >= 0.3 is 0 Å². The van der Waals surface area contributed by atoms with Crippen LogP contribution in [-0.4, -0.2) is 33.8 Å². The molecule has 1 unspecified atom stereocenters. The molecule has 1 aromatic carbocycles. The number of benzene rings is 1. The van der Waals surface area contributed by atoms with Crippen molar-refractivity contribution in [1.82, 2.24) is 10.0 Å². The number of sulfonamides is 1. The summed E-state index contributed by atoms with van der Waals surface area (Å²) in [5, 5.41) is 3.22. The van der Waals surface area contributed by atoms with Crippen LogP contribution in [0.4, 0.5) is 4.39 Å². The Hall–Kier alpha value is -0.980. The fourth-order valence-corrected chi connectivity index (χ4v) is 4.15. The maximum Gasteiger partial charge on any atom is 0.211 e. The summed E-state index contributed by atoms with van der Waals surface area (Å²) < 4.78 is 39.7. The van der Waals surface area contributed by atoms with Gasteiger partial charge in [-0.3, -0.25) is 0 Å². The van der Waals surface area contributed by atoms with Gasteiger partial charge in [0.1, 0.15) is 5.82 Å². The molecular weight excluding hydrogens is 291 g/mol. The van der Waals surface area contributed by atoms with Crippen molar-refractivity contribution in [1.29, 1.82) is 0 Å². The van der Waals surface area contributed by atoms with E-state index in [1.165, 1.54) is 12.1 Å². The van der Waals surface area contributed by atoms with Gasteiger partial charge in [-0.15, -0.1) is 0 Å². The summed E-state index contributed by atoms with van der Waals surface area (Å²) in [5.74, 6) is 0.119. The van der Waals surface area contributed by atoms with Crippen LogP contribution in [0.3, 0.4) is 0 Å². The third-order valence-corrected chi connectivity index (χ3v) is 5.43. The van der Waals surface area contributed by atoms with Gasteiger partial charge in [0.15, 0.2) is 0 Å². The molecule has 0 aromatic heterocycles. The molecule has 1 atom stereocenters. The normalized spacial score (nSPS) is 19.6. The molecule has 1 aliphatic heterocycles. The first-order valence-electron chi connectivity index (χ1n) is 7.39. The van der Waals surface area contributed by atoms with Crippen LogP contribution in [0.1, 0.15) is 24.0 Å². The molecular formula is C15H23FN2O2S. The summed E-state index contributed by atoms with van der Waals surface area (Å²) in [6.07, 6.45) is 2.58. The van der Waals surface area contributed by atoms with Crippen molar-refractivity contribution in [3.63, 3.8) is 0 Å². The number of hydrogen-bond acceptors (Lipinski definition) is 3. The van der Waals surface area contributed by atoms with Crippen molar-refractivity contribution in [2.45, 2.75) is 26.2 Å². The van der Waals surface area contributed by atoms with Crippen LogP contribution in [0, 0.1) is 18.7 Å². The van der Waals surface area contributed by atoms with Gasteiger partial charge in [0, 0.05) is 6.54 Å². The zero-order valence-electron chi connectivity index (χ0n) is 12.4. The van der Waals surface area contributed by atoms with E-state index in [1.807, 2.05) is 6.92 Å². The highest BCUT2D eigenvalue weighted by Crippen LogP contribution is 2.13. The molecule has 21 heavy (non-hydrogen) atoms. The quantitative estimate of drug-likeness (QED) is 0.838. The fraction of sp³-hybridized carbons (Fsp3) is 0.600. The lowest BCUT2D eigenvalue weighted by Crippen LogP contribution is -2.38. The predicted octanol–water partition coefficient (Wildman–Crippen LogP) is 1.60. The van der Waals surface area contributed by atoms with E-state index in [2.05, 4.69) is 10.0 Å². The Bertz CT molecular complexity index is 569. The van der Waals surface area contributed by atoms with Crippen molar-refractivity contribution >= 4 is 10.0 Å². The van der Waals surface area contributed by atoms with Gasteiger partial charge in [-0.1, -0.05) is 6.07 Å². The minimum absolute atomic E-state index is 0.183. The Morgan fingerprint density at radius 3 is 2.90 bits per heavy atom. The molecule has 0 bridgehead atoms. The highest BCUT2D eigenvalue weighted by atomic mass is 32.2. The summed E-state index contributed by atoms with van der Waals surface area (Å²) >= 11 is 0. The van der Waals surface area contributed by atoms with Crippen LogP contribution in [0.15, 0.2) is 18.2 Å². The maximum absolute atomic E-state index is 13.0. The van der Waals surface area contributed by atoms with Crippen molar-refractivity contribution in [2.24, 2.45) is 5.92 Å². The Morgan fingerprint density at radius 1 is 1.43 bits per heavy atom. The van der Waals surface area contributed by atoms with Crippen LogP contribution in [0.25, 0.3) is 0 Å². The zero-order valence-corrected chi connectivity index (χ0v) is 13.2. The number of halogens is 1. The fourth-order valence-electron chi connectivity index (χ4n) is 2.72. The zero-order chi connectivity index (χ0) is 15.3. The van der Waals surface area contributed by atoms with Gasteiger partial charge in [-0.2, -0.15) is 0 Å². The van der Waals surface area contributed by atoms with Crippen molar-refractivity contribution in [3.05, 3.63) is 35.1 Å². The first-order chi connectivity index (χ1) is 9.96. The predicted molar refractivity (Wildman–Crippen MR) is 82.2 cm³/mol. The van der Waals surface area contributed by atoms with Crippen molar-refractivity contribution in [3.8, 4) is 0 Å². The molecule has 0 aliphatic carbocycles. The molecule has 1 fully saturated rings. The largest absolute Gasteiger partial charge is 0.316 e. The van der Waals surface area contributed by atoms with E-state index in [9.17, 15) is 12.8 Å². The van der Waals surface area contributed by atoms with Crippen LogP contribution in [0.2, 0.25) is 0 Å². The molecule has 118 valence electrons. The minimum Gasteiger partial charge on any atom is -0.316 e. The first kappa shape index (κ1) is 16.4. The summed E-state index contributed by atoms with van der Waals surface area (Å²) in [4.78, 5) is 0. The lowest BCUT2D eigenvalue weighted by atomic mass is 10.0. The Kier molecular flexibility index (Phi) is 5.72. The third-order valence-electron chi connectivity index (χ3n) is 3.88. The van der Waals surface area contributed by atoms with E-state index in [-0.39, 0.29) is 17.5 Å². The average molecular weight is 314 g/mol. The molecule has 2 N–H and O–H groups in total. The average Bonchev–Trinajstić information content (AvgIpc) is 2.42. The Labute approximate surface area is 126 Å². The number of nitrogens with one attached hydrogen (secondary N) is 2. The van der Waals surface area contributed by atoms with E-state index in [0.29, 0.717) is 13.0 Å². The molecule has 0 spiro atoms. The molecule has 1 aliphatic rings. The lowest BCUT2D eigenvalue weighted by molar-refractivity contribution is 0.403. The van der Waals surface area contributed by atoms with Gasteiger partial charge in [0.2, 0.25) is 10.0 Å². The number of hydrogen-bond donors (Lipinski definition) is 2. The molecule has 0 radical (unpaired) electrons. The summed E-state index contributed by atoms with van der Waals surface area (Å²) in [5.41, 5.74) is 1.82. The first-order valence-corrected chi connectivity index (χ1v) is 9.04. The van der Waals surface area contributed by atoms with E-state index < -0.39 is 10.0 Å². The maximum atomic E-state index is 13.0. The molecule has 1 aromatic rings. The second kappa shape index (κ2) is 7.33. The van der Waals surface area contributed by atoms with Gasteiger partial charge in [-0.25, -0.2) is 17.5 Å². The molecule has 2 rings (SSSR count). The highest BCUT2D eigenvalue weighted by Gasteiger charge is 2.20. The summed E-state index contributed by atoms with van der Waals surface area (Å²) in [6.45, 7) is 3.95. The lowest BCUT2D eigenvalue weighted by Gasteiger charge is -2.22. The Balaban J connectivity index is 1.81. The SMILES string of the molecule is Cc1cc(F)ccc1CCNS(=O)(=O)CC1CCCNC1. The number of rotatable bonds is 6. The molecule has 4 nitrogen and oxygen atoms in total. The molecule has 0 saturated carbocycles. The third kappa shape index (κ3) is 5.37. The molecule has 0 amide bonds.